The zero-order valence-corrected chi connectivity index (χ0v) is 6.78. The molecule has 1 heteroatoms. The minimum absolute atomic E-state index is 0. The summed E-state index contributed by atoms with van der Waals surface area (Å²) in [6.45, 7) is 0. The Balaban J connectivity index is 0.000000640. The Bertz CT molecular complexity index is 66.6. The summed E-state index contributed by atoms with van der Waals surface area (Å²) >= 11 is 0. The van der Waals surface area contributed by atoms with Crippen LogP contribution in [0.2, 0.25) is 0 Å². The van der Waals surface area contributed by atoms with Crippen LogP contribution in [-0.4, -0.2) is 0 Å². The average Bonchev–Trinajstić information content (AvgIpc) is 1.62. The fourth-order valence-electron chi connectivity index (χ4n) is 1.03. The smallest absolute Gasteiger partial charge is 0 e. The molecule has 0 N–H and O–H groups in total. The first-order chi connectivity index (χ1) is 4.00. The molecule has 0 aromatic heterocycles. The third-order valence-corrected chi connectivity index (χ3v) is 1.56. The van der Waals surface area contributed by atoms with Gasteiger partial charge in [0.25, 0.3) is 0 Å². The number of allylic oxidation sites excluding steroid dienone is 2. The molecule has 1 aliphatic carbocycles. The molecule has 0 nitrogen and oxygen atoms in total. The molecule has 0 spiro atoms. The molecule has 0 saturated heterocycles. The van der Waals surface area contributed by atoms with E-state index < -0.39 is 0 Å². The van der Waals surface area contributed by atoms with E-state index in [-0.39, 0.29) is 17.1 Å². The third kappa shape index (κ3) is 4.74. The maximum atomic E-state index is 3.26. The Hall–Kier alpha value is 0.259. The van der Waals surface area contributed by atoms with Crippen LogP contribution in [0.15, 0.2) is 6.08 Å². The van der Waals surface area contributed by atoms with E-state index in [2.05, 4.69) is 12.2 Å². The SMILES string of the molecule is [C-]1=CCCCCCC1.[Fe]. The van der Waals surface area contributed by atoms with E-state index in [0.717, 1.165) is 0 Å². The fraction of sp³-hybridized carbons (Fsp3) is 0.750. The van der Waals surface area contributed by atoms with Crippen molar-refractivity contribution in [2.45, 2.75) is 38.5 Å². The monoisotopic (exact) mass is 165 g/mol. The van der Waals surface area contributed by atoms with Crippen molar-refractivity contribution in [3.63, 3.8) is 0 Å². The van der Waals surface area contributed by atoms with Crippen LogP contribution in [0.5, 0.6) is 0 Å². The maximum absolute atomic E-state index is 3.26. The largest absolute Gasteiger partial charge is 0.501 e. The van der Waals surface area contributed by atoms with E-state index in [4.69, 9.17) is 0 Å². The van der Waals surface area contributed by atoms with Gasteiger partial charge in [0.05, 0.1) is 0 Å². The number of hydrogen-bond donors (Lipinski definition) is 0. The average molecular weight is 165 g/mol. The molecule has 1 rings (SSSR count). The van der Waals surface area contributed by atoms with Crippen molar-refractivity contribution in [1.82, 2.24) is 0 Å². The Labute approximate surface area is 68.2 Å². The normalized spacial score (nSPS) is 19.6. The molecule has 0 amide bonds. The van der Waals surface area contributed by atoms with Crippen molar-refractivity contribution >= 4 is 0 Å². The van der Waals surface area contributed by atoms with Crippen LogP contribution in [0.4, 0.5) is 0 Å². The van der Waals surface area contributed by atoms with Crippen LogP contribution in [0, 0.1) is 6.08 Å². The molecule has 54 valence electrons. The van der Waals surface area contributed by atoms with Crippen molar-refractivity contribution in [1.29, 1.82) is 0 Å². The van der Waals surface area contributed by atoms with Crippen molar-refractivity contribution in [2.24, 2.45) is 0 Å². The van der Waals surface area contributed by atoms with Gasteiger partial charge in [0.15, 0.2) is 0 Å². The van der Waals surface area contributed by atoms with Crippen LogP contribution >= 0.6 is 0 Å². The molecule has 0 aromatic rings. The zero-order valence-electron chi connectivity index (χ0n) is 5.67. The van der Waals surface area contributed by atoms with Gasteiger partial charge < -0.3 is 6.08 Å². The molecule has 0 saturated carbocycles. The first kappa shape index (κ1) is 9.26. The van der Waals surface area contributed by atoms with E-state index >= 15 is 0 Å². The van der Waals surface area contributed by atoms with Gasteiger partial charge >= 0.3 is 0 Å². The van der Waals surface area contributed by atoms with Crippen molar-refractivity contribution in [3.05, 3.63) is 12.2 Å². The Kier molecular flexibility index (Phi) is 6.56. The van der Waals surface area contributed by atoms with E-state index in [1.807, 2.05) is 0 Å². The second kappa shape index (κ2) is 6.38. The van der Waals surface area contributed by atoms with Gasteiger partial charge in [-0.05, 0) is 0 Å². The van der Waals surface area contributed by atoms with Crippen LogP contribution in [-0.2, 0) is 17.1 Å². The van der Waals surface area contributed by atoms with Crippen LogP contribution in [0.25, 0.3) is 0 Å². The van der Waals surface area contributed by atoms with Gasteiger partial charge in [-0.3, -0.25) is 6.08 Å². The predicted molar refractivity (Wildman–Crippen MR) is 35.5 cm³/mol. The number of hydrogen-bond acceptors (Lipinski definition) is 0. The maximum Gasteiger partial charge on any atom is 0 e. The summed E-state index contributed by atoms with van der Waals surface area (Å²) in [7, 11) is 0. The summed E-state index contributed by atoms with van der Waals surface area (Å²) in [4.78, 5) is 0. The number of rotatable bonds is 0. The fourth-order valence-corrected chi connectivity index (χ4v) is 1.03. The topological polar surface area (TPSA) is 0 Å². The quantitative estimate of drug-likeness (QED) is 0.382. The van der Waals surface area contributed by atoms with Gasteiger partial charge in [-0.15, -0.1) is 0 Å². The van der Waals surface area contributed by atoms with Gasteiger partial charge in [-0.25, -0.2) is 0 Å². The summed E-state index contributed by atoms with van der Waals surface area (Å²) in [5.74, 6) is 0. The third-order valence-electron chi connectivity index (χ3n) is 1.56. The second-order valence-corrected chi connectivity index (χ2v) is 2.36. The van der Waals surface area contributed by atoms with Crippen molar-refractivity contribution in [3.8, 4) is 0 Å². The first-order valence-electron chi connectivity index (χ1n) is 3.55. The van der Waals surface area contributed by atoms with Crippen LogP contribution in [0.1, 0.15) is 38.5 Å². The van der Waals surface area contributed by atoms with Crippen LogP contribution in [0.3, 0.4) is 0 Å². The first-order valence-corrected chi connectivity index (χ1v) is 3.55. The Morgan fingerprint density at radius 1 is 1.00 bits per heavy atom. The van der Waals surface area contributed by atoms with Gasteiger partial charge in [0.2, 0.25) is 0 Å². The molecule has 1 aliphatic rings. The second-order valence-electron chi connectivity index (χ2n) is 2.36. The summed E-state index contributed by atoms with van der Waals surface area (Å²) in [6, 6.07) is 0. The van der Waals surface area contributed by atoms with Crippen molar-refractivity contribution < 1.29 is 17.1 Å². The predicted octanol–water partition coefficient (Wildman–Crippen LogP) is 2.70. The summed E-state index contributed by atoms with van der Waals surface area (Å²) in [5, 5.41) is 0. The molecule has 9 heavy (non-hydrogen) atoms. The minimum atomic E-state index is 0. The summed E-state index contributed by atoms with van der Waals surface area (Å²) in [6.07, 6.45) is 13.5. The standard InChI is InChI=1S/C8H13.Fe/c1-2-4-6-8-7-5-3-1;/h1H,2,4-8H2;/q-1;. The molecule has 0 fully saturated rings. The molecular formula is C8H13Fe-. The Morgan fingerprint density at radius 2 is 1.78 bits per heavy atom. The Morgan fingerprint density at radius 3 is 2.67 bits per heavy atom. The van der Waals surface area contributed by atoms with Crippen molar-refractivity contribution in [2.75, 3.05) is 0 Å². The molecule has 0 aromatic carbocycles. The van der Waals surface area contributed by atoms with E-state index in [0.29, 0.717) is 0 Å². The van der Waals surface area contributed by atoms with Gasteiger partial charge in [0, 0.05) is 17.1 Å². The molecule has 0 radical (unpaired) electrons. The van der Waals surface area contributed by atoms with E-state index in [1.54, 1.807) is 0 Å². The van der Waals surface area contributed by atoms with Crippen LogP contribution < -0.4 is 0 Å². The minimum Gasteiger partial charge on any atom is -0.501 e. The molecule has 0 unspecified atom stereocenters. The zero-order chi connectivity index (χ0) is 5.66. The molecule has 0 atom stereocenters. The van der Waals surface area contributed by atoms with Gasteiger partial charge in [0.1, 0.15) is 0 Å². The molecule has 0 bridgehead atoms. The van der Waals surface area contributed by atoms with E-state index in [1.165, 1.54) is 38.5 Å². The summed E-state index contributed by atoms with van der Waals surface area (Å²) < 4.78 is 0. The van der Waals surface area contributed by atoms with E-state index in [9.17, 15) is 0 Å². The van der Waals surface area contributed by atoms with Gasteiger partial charge in [-0.2, -0.15) is 6.42 Å². The molecule has 0 aliphatic heterocycles. The summed E-state index contributed by atoms with van der Waals surface area (Å²) in [5.41, 5.74) is 0. The molecular weight excluding hydrogens is 152 g/mol. The van der Waals surface area contributed by atoms with Gasteiger partial charge in [-0.1, -0.05) is 32.1 Å². The molecule has 0 heterocycles.